The Labute approximate surface area is 163 Å². The van der Waals surface area contributed by atoms with Crippen molar-refractivity contribution in [3.8, 4) is 5.69 Å². The Morgan fingerprint density at radius 2 is 2.00 bits per heavy atom. The summed E-state index contributed by atoms with van der Waals surface area (Å²) in [5.41, 5.74) is -0.838. The van der Waals surface area contributed by atoms with Crippen LogP contribution in [0.1, 0.15) is 46.4 Å². The number of rotatable bonds is 6. The van der Waals surface area contributed by atoms with Gasteiger partial charge in [-0.25, -0.2) is 4.68 Å². The van der Waals surface area contributed by atoms with Crippen LogP contribution in [0.3, 0.4) is 0 Å². The average Bonchev–Trinajstić information content (AvgIpc) is 3.27. The minimum Gasteiger partial charge on any atom is -0.296 e. The number of nitrogens with zero attached hydrogens (tertiary/aromatic N) is 4. The highest BCUT2D eigenvalue weighted by Gasteiger charge is 2.41. The van der Waals surface area contributed by atoms with Crippen LogP contribution in [0.15, 0.2) is 30.5 Å². The van der Waals surface area contributed by atoms with E-state index in [1.165, 1.54) is 6.07 Å². The summed E-state index contributed by atoms with van der Waals surface area (Å²) in [5, 5.41) is 14.9. The number of aryl methyl sites for hydroxylation is 2. The summed E-state index contributed by atoms with van der Waals surface area (Å²) in [4.78, 5) is 12.5. The molecule has 0 aliphatic heterocycles. The van der Waals surface area contributed by atoms with Gasteiger partial charge in [0.1, 0.15) is 5.01 Å². The number of unbranched alkanes of at least 4 members (excludes halogenated alkanes) is 1. The number of para-hydroxylation sites is 1. The van der Waals surface area contributed by atoms with Crippen molar-refractivity contribution in [3.05, 3.63) is 52.3 Å². The molecule has 1 amide bonds. The summed E-state index contributed by atoms with van der Waals surface area (Å²) in [6, 6.07) is 6.53. The van der Waals surface area contributed by atoms with Crippen molar-refractivity contribution in [1.82, 2.24) is 20.0 Å². The molecule has 0 atom stereocenters. The second kappa shape index (κ2) is 8.09. The predicted octanol–water partition coefficient (Wildman–Crippen LogP) is 4.65. The lowest BCUT2D eigenvalue weighted by atomic mass is 10.2. The molecule has 0 saturated heterocycles. The van der Waals surface area contributed by atoms with E-state index in [0.717, 1.165) is 40.1 Å². The summed E-state index contributed by atoms with van der Waals surface area (Å²) in [6.07, 6.45) is -1.23. The largest absolute Gasteiger partial charge is 0.434 e. The number of carbonyl (C=O) groups excluding carboxylic acids is 1. The SMILES string of the molecule is CCCCc1nnc(NC(=O)c2cnn(-c3ccccc3C)c2C(F)(F)F)s1. The van der Waals surface area contributed by atoms with Crippen LogP contribution in [-0.2, 0) is 12.6 Å². The van der Waals surface area contributed by atoms with Gasteiger partial charge >= 0.3 is 6.18 Å². The second-order valence-electron chi connectivity index (χ2n) is 6.16. The molecule has 148 valence electrons. The maximum atomic E-state index is 13.7. The number of halogens is 3. The number of nitrogens with one attached hydrogen (secondary N) is 1. The Morgan fingerprint density at radius 3 is 2.68 bits per heavy atom. The van der Waals surface area contributed by atoms with E-state index >= 15 is 0 Å². The fraction of sp³-hybridized carbons (Fsp3) is 0.333. The van der Waals surface area contributed by atoms with Crippen LogP contribution in [0.25, 0.3) is 5.69 Å². The molecule has 0 spiro atoms. The summed E-state index contributed by atoms with van der Waals surface area (Å²) in [7, 11) is 0. The number of carbonyl (C=O) groups is 1. The van der Waals surface area contributed by atoms with Crippen LogP contribution in [0.5, 0.6) is 0 Å². The molecule has 0 saturated carbocycles. The lowest BCUT2D eigenvalue weighted by Gasteiger charge is -2.14. The van der Waals surface area contributed by atoms with Crippen molar-refractivity contribution < 1.29 is 18.0 Å². The highest BCUT2D eigenvalue weighted by molar-refractivity contribution is 7.15. The number of aromatic nitrogens is 4. The third-order valence-corrected chi connectivity index (χ3v) is 4.96. The Morgan fingerprint density at radius 1 is 1.25 bits per heavy atom. The van der Waals surface area contributed by atoms with Crippen LogP contribution in [-0.4, -0.2) is 25.9 Å². The van der Waals surface area contributed by atoms with Crippen molar-refractivity contribution in [1.29, 1.82) is 0 Å². The summed E-state index contributed by atoms with van der Waals surface area (Å²) < 4.78 is 42.0. The van der Waals surface area contributed by atoms with Crippen LogP contribution >= 0.6 is 11.3 Å². The minimum atomic E-state index is -4.77. The van der Waals surface area contributed by atoms with E-state index in [9.17, 15) is 18.0 Å². The monoisotopic (exact) mass is 409 g/mol. The van der Waals surface area contributed by atoms with Gasteiger partial charge in [0.2, 0.25) is 5.13 Å². The van der Waals surface area contributed by atoms with E-state index in [0.29, 0.717) is 12.0 Å². The van der Waals surface area contributed by atoms with Gasteiger partial charge in [-0.1, -0.05) is 42.9 Å². The van der Waals surface area contributed by atoms with E-state index in [1.807, 2.05) is 6.92 Å². The molecule has 2 heterocycles. The number of alkyl halides is 3. The summed E-state index contributed by atoms with van der Waals surface area (Å²) >= 11 is 1.15. The molecule has 0 radical (unpaired) electrons. The highest BCUT2D eigenvalue weighted by Crippen LogP contribution is 2.34. The lowest BCUT2D eigenvalue weighted by Crippen LogP contribution is -2.21. The normalized spacial score (nSPS) is 11.6. The highest BCUT2D eigenvalue weighted by atomic mass is 32.1. The van der Waals surface area contributed by atoms with Crippen molar-refractivity contribution in [2.45, 2.75) is 39.3 Å². The Balaban J connectivity index is 1.92. The van der Waals surface area contributed by atoms with Crippen molar-refractivity contribution >= 4 is 22.4 Å². The molecule has 6 nitrogen and oxygen atoms in total. The third kappa shape index (κ3) is 4.22. The average molecular weight is 409 g/mol. The summed E-state index contributed by atoms with van der Waals surface area (Å²) in [5.74, 6) is -0.926. The zero-order valence-electron chi connectivity index (χ0n) is 15.2. The quantitative estimate of drug-likeness (QED) is 0.643. The van der Waals surface area contributed by atoms with Gasteiger partial charge in [0.25, 0.3) is 5.91 Å². The lowest BCUT2D eigenvalue weighted by molar-refractivity contribution is -0.143. The first kappa shape index (κ1) is 20.0. The van der Waals surface area contributed by atoms with Crippen LogP contribution in [0.4, 0.5) is 18.3 Å². The molecule has 28 heavy (non-hydrogen) atoms. The smallest absolute Gasteiger partial charge is 0.296 e. The zero-order valence-corrected chi connectivity index (χ0v) is 16.1. The van der Waals surface area contributed by atoms with Crippen molar-refractivity contribution in [2.75, 3.05) is 5.32 Å². The molecule has 0 aliphatic rings. The first-order valence-electron chi connectivity index (χ1n) is 8.66. The standard InChI is InChI=1S/C18H18F3N5OS/c1-3-4-9-14-24-25-17(28-14)23-16(27)12-10-22-26(15(12)18(19,20)21)13-8-6-5-7-11(13)2/h5-8,10H,3-4,9H2,1-2H3,(H,23,25,27). The molecule has 3 rings (SSSR count). The number of benzene rings is 1. The van der Waals surface area contributed by atoms with E-state index in [2.05, 4.69) is 20.6 Å². The fourth-order valence-corrected chi connectivity index (χ4v) is 3.45. The minimum absolute atomic E-state index is 0.160. The molecule has 0 aliphatic carbocycles. The molecule has 1 N–H and O–H groups in total. The molecular weight excluding hydrogens is 391 g/mol. The third-order valence-electron chi connectivity index (χ3n) is 4.06. The molecular formula is C18H18F3N5OS. The van der Waals surface area contributed by atoms with Gasteiger partial charge in [0.15, 0.2) is 5.69 Å². The molecule has 2 aromatic heterocycles. The summed E-state index contributed by atoms with van der Waals surface area (Å²) in [6.45, 7) is 3.71. The Bertz CT molecular complexity index is 980. The van der Waals surface area contributed by atoms with Crippen molar-refractivity contribution in [3.63, 3.8) is 0 Å². The van der Waals surface area contributed by atoms with Crippen LogP contribution in [0.2, 0.25) is 0 Å². The molecule has 0 unspecified atom stereocenters. The molecule has 0 bridgehead atoms. The number of amides is 1. The first-order valence-corrected chi connectivity index (χ1v) is 9.48. The molecule has 3 aromatic rings. The number of hydrogen-bond acceptors (Lipinski definition) is 5. The van der Waals surface area contributed by atoms with E-state index in [4.69, 9.17) is 0 Å². The van der Waals surface area contributed by atoms with Gasteiger partial charge in [-0.15, -0.1) is 10.2 Å². The van der Waals surface area contributed by atoms with E-state index in [-0.39, 0.29) is 10.8 Å². The zero-order chi connectivity index (χ0) is 20.3. The van der Waals surface area contributed by atoms with E-state index in [1.54, 1.807) is 25.1 Å². The van der Waals surface area contributed by atoms with Gasteiger partial charge < -0.3 is 0 Å². The van der Waals surface area contributed by atoms with Gasteiger partial charge in [0, 0.05) is 6.42 Å². The first-order chi connectivity index (χ1) is 13.3. The molecule has 10 heteroatoms. The van der Waals surface area contributed by atoms with Crippen LogP contribution < -0.4 is 5.32 Å². The van der Waals surface area contributed by atoms with E-state index < -0.39 is 23.3 Å². The Hall–Kier alpha value is -2.75. The van der Waals surface area contributed by atoms with Crippen molar-refractivity contribution in [2.24, 2.45) is 0 Å². The topological polar surface area (TPSA) is 72.7 Å². The van der Waals surface area contributed by atoms with Crippen LogP contribution in [0, 0.1) is 6.92 Å². The fourth-order valence-electron chi connectivity index (χ4n) is 2.67. The van der Waals surface area contributed by atoms with Gasteiger partial charge in [-0.2, -0.15) is 18.3 Å². The maximum Gasteiger partial charge on any atom is 0.434 e. The van der Waals surface area contributed by atoms with Gasteiger partial charge in [-0.05, 0) is 25.0 Å². The maximum absolute atomic E-state index is 13.7. The number of anilines is 1. The second-order valence-corrected chi connectivity index (χ2v) is 7.22. The Kier molecular flexibility index (Phi) is 5.78. The molecule has 0 fully saturated rings. The number of hydrogen-bond donors (Lipinski definition) is 1. The van der Waals surface area contributed by atoms with Gasteiger partial charge in [0.05, 0.1) is 17.4 Å². The predicted molar refractivity (Wildman–Crippen MR) is 99.8 cm³/mol. The van der Waals surface area contributed by atoms with Gasteiger partial charge in [-0.3, -0.25) is 10.1 Å². The molecule has 1 aromatic carbocycles.